The van der Waals surface area contributed by atoms with Crippen molar-refractivity contribution in [2.75, 3.05) is 22.0 Å². The van der Waals surface area contributed by atoms with Crippen LogP contribution in [0.3, 0.4) is 0 Å². The van der Waals surface area contributed by atoms with Crippen molar-refractivity contribution in [1.29, 1.82) is 0 Å². The topological polar surface area (TPSA) is 57.7 Å². The standard InChI is InChI=1S/C18H19BrN2O3S/c1-13-11-14-7-3-5-9-16(14)21(13)18(22)12-20(25(2,23)24)17-10-6-4-8-15(17)19/h3-10,13H,11-12H2,1-2H3/t13-/m1/s1. The van der Waals surface area contributed by atoms with Crippen LogP contribution in [0.15, 0.2) is 53.0 Å². The Kier molecular flexibility index (Phi) is 4.88. The monoisotopic (exact) mass is 422 g/mol. The Hall–Kier alpha value is -1.86. The lowest BCUT2D eigenvalue weighted by molar-refractivity contribution is -0.117. The minimum atomic E-state index is -3.60. The third-order valence-electron chi connectivity index (χ3n) is 4.28. The minimum Gasteiger partial charge on any atom is -0.307 e. The molecule has 0 saturated carbocycles. The van der Waals surface area contributed by atoms with Crippen molar-refractivity contribution in [3.05, 3.63) is 58.6 Å². The van der Waals surface area contributed by atoms with Crippen LogP contribution in [0.4, 0.5) is 11.4 Å². The highest BCUT2D eigenvalue weighted by Gasteiger charge is 2.33. The smallest absolute Gasteiger partial charge is 0.248 e. The lowest BCUT2D eigenvalue weighted by Gasteiger charge is -2.28. The SMILES string of the molecule is C[C@@H]1Cc2ccccc2N1C(=O)CN(c1ccccc1Br)S(C)(=O)=O. The van der Waals surface area contributed by atoms with Gasteiger partial charge in [0.2, 0.25) is 15.9 Å². The molecule has 1 aliphatic heterocycles. The number of para-hydroxylation sites is 2. The number of amides is 1. The fraction of sp³-hybridized carbons (Fsp3) is 0.278. The molecule has 0 radical (unpaired) electrons. The van der Waals surface area contributed by atoms with Crippen LogP contribution in [0, 0.1) is 0 Å². The van der Waals surface area contributed by atoms with Gasteiger partial charge >= 0.3 is 0 Å². The molecule has 7 heteroatoms. The largest absolute Gasteiger partial charge is 0.307 e. The van der Waals surface area contributed by atoms with Gasteiger partial charge in [0.1, 0.15) is 6.54 Å². The van der Waals surface area contributed by atoms with E-state index >= 15 is 0 Å². The summed E-state index contributed by atoms with van der Waals surface area (Å²) in [7, 11) is -3.60. The van der Waals surface area contributed by atoms with Crippen LogP contribution in [0.5, 0.6) is 0 Å². The lowest BCUT2D eigenvalue weighted by atomic mass is 10.1. The summed E-state index contributed by atoms with van der Waals surface area (Å²) in [4.78, 5) is 14.7. The van der Waals surface area contributed by atoms with Crippen LogP contribution in [-0.4, -0.2) is 33.2 Å². The molecule has 0 aromatic heterocycles. The Bertz CT molecular complexity index is 914. The summed E-state index contributed by atoms with van der Waals surface area (Å²) in [6, 6.07) is 14.7. The third-order valence-corrected chi connectivity index (χ3v) is 6.07. The maximum absolute atomic E-state index is 13.0. The molecule has 0 spiro atoms. The average Bonchev–Trinajstić information content (AvgIpc) is 2.88. The number of fused-ring (bicyclic) bond motifs is 1. The predicted octanol–water partition coefficient (Wildman–Crippen LogP) is 3.19. The van der Waals surface area contributed by atoms with Gasteiger partial charge < -0.3 is 4.90 Å². The Balaban J connectivity index is 1.94. The fourth-order valence-corrected chi connectivity index (χ4v) is 4.66. The van der Waals surface area contributed by atoms with Gasteiger partial charge in [-0.2, -0.15) is 0 Å². The van der Waals surface area contributed by atoms with Gasteiger partial charge in [0.15, 0.2) is 0 Å². The number of hydrogen-bond donors (Lipinski definition) is 0. The Labute approximate surface area is 156 Å². The molecule has 1 aliphatic rings. The normalized spacial score (nSPS) is 16.6. The molecule has 0 fully saturated rings. The van der Waals surface area contributed by atoms with E-state index in [1.165, 1.54) is 0 Å². The molecule has 1 heterocycles. The van der Waals surface area contributed by atoms with Crippen molar-refractivity contribution in [2.24, 2.45) is 0 Å². The van der Waals surface area contributed by atoms with Crippen molar-refractivity contribution in [3.63, 3.8) is 0 Å². The maximum Gasteiger partial charge on any atom is 0.248 e. The number of anilines is 2. The van der Waals surface area contributed by atoms with Gasteiger partial charge in [-0.1, -0.05) is 30.3 Å². The minimum absolute atomic E-state index is 0.00512. The van der Waals surface area contributed by atoms with Crippen LogP contribution < -0.4 is 9.21 Å². The van der Waals surface area contributed by atoms with E-state index in [4.69, 9.17) is 0 Å². The van der Waals surface area contributed by atoms with Crippen LogP contribution in [0.25, 0.3) is 0 Å². The molecule has 1 atom stereocenters. The number of carbonyl (C=O) groups is 1. The van der Waals surface area contributed by atoms with Crippen molar-refractivity contribution in [3.8, 4) is 0 Å². The van der Waals surface area contributed by atoms with Crippen molar-refractivity contribution in [1.82, 2.24) is 0 Å². The summed E-state index contributed by atoms with van der Waals surface area (Å²) in [5, 5.41) is 0. The van der Waals surface area contributed by atoms with Crippen molar-refractivity contribution in [2.45, 2.75) is 19.4 Å². The van der Waals surface area contributed by atoms with Crippen LogP contribution in [-0.2, 0) is 21.2 Å². The first-order chi connectivity index (χ1) is 11.8. The van der Waals surface area contributed by atoms with Crippen molar-refractivity contribution >= 4 is 43.2 Å². The van der Waals surface area contributed by atoms with E-state index in [9.17, 15) is 13.2 Å². The van der Waals surface area contributed by atoms with Crippen LogP contribution in [0.2, 0.25) is 0 Å². The lowest BCUT2D eigenvalue weighted by Crippen LogP contribution is -2.45. The highest BCUT2D eigenvalue weighted by molar-refractivity contribution is 9.10. The molecule has 0 saturated heterocycles. The Morgan fingerprint density at radius 3 is 2.52 bits per heavy atom. The van der Waals surface area contributed by atoms with E-state index in [1.807, 2.05) is 31.2 Å². The first kappa shape index (κ1) is 17.9. The average molecular weight is 423 g/mol. The Morgan fingerprint density at radius 2 is 1.84 bits per heavy atom. The summed E-state index contributed by atoms with van der Waals surface area (Å²) in [5.74, 6) is -0.237. The zero-order valence-electron chi connectivity index (χ0n) is 14.0. The molecule has 1 amide bonds. The summed E-state index contributed by atoms with van der Waals surface area (Å²) < 4.78 is 26.4. The molecule has 3 rings (SSSR count). The summed E-state index contributed by atoms with van der Waals surface area (Å²) in [6.45, 7) is 1.74. The molecule has 2 aromatic carbocycles. The second-order valence-corrected chi connectivity index (χ2v) is 8.93. The molecule has 0 bridgehead atoms. The van der Waals surface area contributed by atoms with Gasteiger partial charge in [0.25, 0.3) is 0 Å². The number of rotatable bonds is 4. The number of sulfonamides is 1. The first-order valence-electron chi connectivity index (χ1n) is 7.91. The summed E-state index contributed by atoms with van der Waals surface area (Å²) in [6.07, 6.45) is 1.89. The highest BCUT2D eigenvalue weighted by atomic mass is 79.9. The molecular weight excluding hydrogens is 404 g/mol. The molecule has 2 aromatic rings. The van der Waals surface area contributed by atoms with Gasteiger partial charge in [0, 0.05) is 16.2 Å². The van der Waals surface area contributed by atoms with E-state index in [-0.39, 0.29) is 18.5 Å². The zero-order chi connectivity index (χ0) is 18.2. The van der Waals surface area contributed by atoms with E-state index in [0.717, 1.165) is 28.2 Å². The molecular formula is C18H19BrN2O3S. The van der Waals surface area contributed by atoms with Gasteiger partial charge in [-0.05, 0) is 53.0 Å². The quantitative estimate of drug-likeness (QED) is 0.759. The number of nitrogens with zero attached hydrogens (tertiary/aromatic N) is 2. The van der Waals surface area contributed by atoms with Gasteiger partial charge in [0.05, 0.1) is 11.9 Å². The molecule has 5 nitrogen and oxygen atoms in total. The van der Waals surface area contributed by atoms with E-state index < -0.39 is 10.0 Å². The number of hydrogen-bond acceptors (Lipinski definition) is 3. The number of carbonyl (C=O) groups excluding carboxylic acids is 1. The Morgan fingerprint density at radius 1 is 1.20 bits per heavy atom. The van der Waals surface area contributed by atoms with Crippen LogP contribution >= 0.6 is 15.9 Å². The van der Waals surface area contributed by atoms with Crippen LogP contribution in [0.1, 0.15) is 12.5 Å². The number of halogens is 1. The molecule has 0 unspecified atom stereocenters. The fourth-order valence-electron chi connectivity index (χ4n) is 3.18. The highest BCUT2D eigenvalue weighted by Crippen LogP contribution is 2.33. The van der Waals surface area contributed by atoms with E-state index in [0.29, 0.717) is 10.2 Å². The van der Waals surface area contributed by atoms with Gasteiger partial charge in [-0.3, -0.25) is 9.10 Å². The van der Waals surface area contributed by atoms with Gasteiger partial charge in [-0.15, -0.1) is 0 Å². The predicted molar refractivity (Wildman–Crippen MR) is 103 cm³/mol. The van der Waals surface area contributed by atoms with Crippen molar-refractivity contribution < 1.29 is 13.2 Å². The summed E-state index contributed by atoms with van der Waals surface area (Å²) in [5.41, 5.74) is 2.43. The second kappa shape index (κ2) is 6.80. The van der Waals surface area contributed by atoms with Gasteiger partial charge in [-0.25, -0.2) is 8.42 Å². The zero-order valence-corrected chi connectivity index (χ0v) is 16.4. The number of benzene rings is 2. The summed E-state index contributed by atoms with van der Waals surface area (Å²) >= 11 is 3.37. The third kappa shape index (κ3) is 3.57. The molecule has 0 aliphatic carbocycles. The first-order valence-corrected chi connectivity index (χ1v) is 10.6. The van der Waals surface area contributed by atoms with E-state index in [2.05, 4.69) is 15.9 Å². The molecule has 132 valence electrons. The molecule has 25 heavy (non-hydrogen) atoms. The maximum atomic E-state index is 13.0. The van der Waals surface area contributed by atoms with E-state index in [1.54, 1.807) is 29.2 Å². The second-order valence-electron chi connectivity index (χ2n) is 6.17. The molecule has 0 N–H and O–H groups in total.